The van der Waals surface area contributed by atoms with E-state index in [-0.39, 0.29) is 6.23 Å². The zero-order valence-electron chi connectivity index (χ0n) is 24.4. The molecule has 2 N–H and O–H groups in total. The first-order valence-electron chi connectivity index (χ1n) is 13.5. The molecule has 0 saturated carbocycles. The molecule has 0 bridgehead atoms. The van der Waals surface area contributed by atoms with E-state index in [0.717, 1.165) is 11.1 Å². The first kappa shape index (κ1) is 28.4. The van der Waals surface area contributed by atoms with Crippen molar-refractivity contribution in [3.8, 4) is 0 Å². The largest absolute Gasteiger partial charge is 0.444 e. The standard InChI is InChI=1S/C30H39N3O7/c1-27(2,3)39-25(34)31-20-13-9-11-18(15-20)29(7)23-33-22(17-36-23)37-30(8,24(33)38-29)19-12-10-14-21(16-19)32-26(35)40-28(4,5)6/h9-16,22-24H,17H2,1-8H3,(H,31,34)(H,32,35)/t22-,23-,24-,29+,30-/m0/s1. The molecule has 10 heteroatoms. The summed E-state index contributed by atoms with van der Waals surface area (Å²) in [7, 11) is 0. The molecule has 2 aromatic carbocycles. The van der Waals surface area contributed by atoms with Gasteiger partial charge in [-0.1, -0.05) is 24.3 Å². The van der Waals surface area contributed by atoms with Crippen molar-refractivity contribution < 1.29 is 33.3 Å². The molecule has 40 heavy (non-hydrogen) atoms. The molecule has 0 radical (unpaired) electrons. The van der Waals surface area contributed by atoms with Crippen LogP contribution < -0.4 is 10.6 Å². The maximum Gasteiger partial charge on any atom is 0.412 e. The highest BCUT2D eigenvalue weighted by atomic mass is 16.7. The second kappa shape index (κ2) is 9.73. The summed E-state index contributed by atoms with van der Waals surface area (Å²) in [6, 6.07) is 15.0. The van der Waals surface area contributed by atoms with Crippen LogP contribution in [-0.4, -0.2) is 53.6 Å². The Bertz CT molecular complexity index is 1230. The highest BCUT2D eigenvalue weighted by Gasteiger charge is 2.68. The normalized spacial score (nSPS) is 29.6. The van der Waals surface area contributed by atoms with Crippen molar-refractivity contribution in [1.29, 1.82) is 0 Å². The quantitative estimate of drug-likeness (QED) is 0.483. The van der Waals surface area contributed by atoms with E-state index in [1.54, 1.807) is 0 Å². The van der Waals surface area contributed by atoms with Gasteiger partial charge in [0.05, 0.1) is 6.61 Å². The van der Waals surface area contributed by atoms with E-state index in [9.17, 15) is 9.59 Å². The third kappa shape index (κ3) is 5.41. The smallest absolute Gasteiger partial charge is 0.412 e. The van der Waals surface area contributed by atoms with Gasteiger partial charge in [0.15, 0.2) is 0 Å². The van der Waals surface area contributed by atoms with Gasteiger partial charge in [-0.3, -0.25) is 10.6 Å². The summed E-state index contributed by atoms with van der Waals surface area (Å²) in [4.78, 5) is 26.9. The Kier molecular flexibility index (Phi) is 6.89. The van der Waals surface area contributed by atoms with Crippen LogP contribution in [0.2, 0.25) is 0 Å². The van der Waals surface area contributed by atoms with Gasteiger partial charge in [0.25, 0.3) is 0 Å². The number of ether oxygens (including phenoxy) is 5. The minimum absolute atomic E-state index is 0.299. The van der Waals surface area contributed by atoms with Gasteiger partial charge in [-0.05, 0) is 90.8 Å². The summed E-state index contributed by atoms with van der Waals surface area (Å²) in [5.74, 6) is 0. The first-order valence-corrected chi connectivity index (χ1v) is 13.5. The number of nitrogens with zero attached hydrogens (tertiary/aromatic N) is 1. The van der Waals surface area contributed by atoms with Gasteiger partial charge in [-0.2, -0.15) is 0 Å². The summed E-state index contributed by atoms with van der Waals surface area (Å²) in [5, 5.41) is 5.62. The van der Waals surface area contributed by atoms with Gasteiger partial charge in [-0.15, -0.1) is 0 Å². The Balaban J connectivity index is 1.39. The Morgan fingerprint density at radius 2 is 1.27 bits per heavy atom. The highest BCUT2D eigenvalue weighted by Crippen LogP contribution is 2.56. The van der Waals surface area contributed by atoms with E-state index < -0.39 is 47.0 Å². The molecule has 0 spiro atoms. The van der Waals surface area contributed by atoms with Crippen molar-refractivity contribution in [2.45, 2.75) is 96.5 Å². The lowest BCUT2D eigenvalue weighted by atomic mass is 9.93. The van der Waals surface area contributed by atoms with Gasteiger partial charge in [0.2, 0.25) is 0 Å². The molecular formula is C30H39N3O7. The van der Waals surface area contributed by atoms with E-state index in [0.29, 0.717) is 18.0 Å². The molecule has 3 saturated heterocycles. The van der Waals surface area contributed by atoms with Crippen LogP contribution in [0.4, 0.5) is 21.0 Å². The summed E-state index contributed by atoms with van der Waals surface area (Å²) < 4.78 is 30.4. The molecule has 5 rings (SSSR count). The Labute approximate surface area is 235 Å². The number of anilines is 2. The van der Waals surface area contributed by atoms with Gasteiger partial charge in [-0.25, -0.2) is 14.5 Å². The lowest BCUT2D eigenvalue weighted by Gasteiger charge is -2.33. The van der Waals surface area contributed by atoms with Crippen molar-refractivity contribution in [2.24, 2.45) is 0 Å². The van der Waals surface area contributed by atoms with Gasteiger partial charge in [0, 0.05) is 11.4 Å². The van der Waals surface area contributed by atoms with Crippen LogP contribution in [0.25, 0.3) is 0 Å². The van der Waals surface area contributed by atoms with E-state index >= 15 is 0 Å². The van der Waals surface area contributed by atoms with Crippen LogP contribution in [0.3, 0.4) is 0 Å². The van der Waals surface area contributed by atoms with Crippen LogP contribution >= 0.6 is 0 Å². The monoisotopic (exact) mass is 553 g/mol. The molecule has 3 aliphatic rings. The molecule has 0 aromatic heterocycles. The van der Waals surface area contributed by atoms with Crippen LogP contribution in [-0.2, 0) is 34.9 Å². The Morgan fingerprint density at radius 3 is 1.75 bits per heavy atom. The number of hydrogen-bond acceptors (Lipinski definition) is 8. The molecule has 3 fully saturated rings. The third-order valence-corrected chi connectivity index (χ3v) is 7.11. The van der Waals surface area contributed by atoms with Crippen molar-refractivity contribution in [1.82, 2.24) is 4.90 Å². The van der Waals surface area contributed by atoms with Crippen LogP contribution in [0.1, 0.15) is 66.5 Å². The number of rotatable bonds is 4. The molecule has 3 aliphatic heterocycles. The summed E-state index contributed by atoms with van der Waals surface area (Å²) in [5.41, 5.74) is -0.0117. The lowest BCUT2D eigenvalue weighted by molar-refractivity contribution is -0.138. The molecule has 3 heterocycles. The van der Waals surface area contributed by atoms with E-state index in [1.807, 2.05) is 104 Å². The number of amides is 2. The number of nitrogens with one attached hydrogen (secondary N) is 2. The highest BCUT2D eigenvalue weighted by molar-refractivity contribution is 5.85. The summed E-state index contributed by atoms with van der Waals surface area (Å²) >= 11 is 0. The molecular weight excluding hydrogens is 514 g/mol. The number of carbonyl (C=O) groups is 2. The van der Waals surface area contributed by atoms with E-state index in [4.69, 9.17) is 23.7 Å². The van der Waals surface area contributed by atoms with Crippen LogP contribution in [0, 0.1) is 0 Å². The molecule has 216 valence electrons. The second-order valence-electron chi connectivity index (χ2n) is 12.8. The molecule has 2 aromatic rings. The number of carbonyl (C=O) groups excluding carboxylic acids is 2. The maximum atomic E-state index is 12.4. The fourth-order valence-electron chi connectivity index (χ4n) is 5.47. The molecule has 2 amide bonds. The topological polar surface area (TPSA) is 108 Å². The van der Waals surface area contributed by atoms with Crippen molar-refractivity contribution in [3.05, 3.63) is 59.7 Å². The SMILES string of the molecule is CC(C)(C)OC(=O)Nc1cccc([C@]2(C)O[C@H]3CO[C@@H]4N3[C@H]2O[C@]4(C)c2cccc(NC(=O)OC(C)(C)C)c2)c1. The minimum atomic E-state index is -0.845. The predicted molar refractivity (Wildman–Crippen MR) is 149 cm³/mol. The van der Waals surface area contributed by atoms with E-state index in [2.05, 4.69) is 15.5 Å². The van der Waals surface area contributed by atoms with Crippen molar-refractivity contribution in [3.63, 3.8) is 0 Å². The average molecular weight is 554 g/mol. The van der Waals surface area contributed by atoms with Gasteiger partial charge >= 0.3 is 12.2 Å². The Hall–Kier alpha value is -3.18. The minimum Gasteiger partial charge on any atom is -0.444 e. The summed E-state index contributed by atoms with van der Waals surface area (Å²) in [6.07, 6.45) is -2.22. The van der Waals surface area contributed by atoms with Crippen LogP contribution in [0.5, 0.6) is 0 Å². The van der Waals surface area contributed by atoms with E-state index in [1.165, 1.54) is 0 Å². The number of benzene rings is 2. The fourth-order valence-corrected chi connectivity index (χ4v) is 5.47. The van der Waals surface area contributed by atoms with Gasteiger partial charge < -0.3 is 23.7 Å². The third-order valence-electron chi connectivity index (χ3n) is 7.11. The predicted octanol–water partition coefficient (Wildman–Crippen LogP) is 5.88. The van der Waals surface area contributed by atoms with Crippen molar-refractivity contribution in [2.75, 3.05) is 17.2 Å². The zero-order chi connectivity index (χ0) is 29.1. The fraction of sp³-hybridized carbons (Fsp3) is 0.533. The Morgan fingerprint density at radius 1 is 0.800 bits per heavy atom. The number of hydrogen-bond donors (Lipinski definition) is 2. The maximum absolute atomic E-state index is 12.4. The van der Waals surface area contributed by atoms with Crippen LogP contribution in [0.15, 0.2) is 48.5 Å². The van der Waals surface area contributed by atoms with Gasteiger partial charge in [0.1, 0.15) is 41.1 Å². The molecule has 0 unspecified atom stereocenters. The van der Waals surface area contributed by atoms with Crippen molar-refractivity contribution >= 4 is 23.6 Å². The average Bonchev–Trinajstić information content (AvgIpc) is 3.45. The lowest BCUT2D eigenvalue weighted by Crippen LogP contribution is -2.40. The zero-order valence-corrected chi connectivity index (χ0v) is 24.4. The molecule has 10 nitrogen and oxygen atoms in total. The molecule has 0 aliphatic carbocycles. The molecule has 5 atom stereocenters. The summed E-state index contributed by atoms with van der Waals surface area (Å²) in [6.45, 7) is 15.3. The first-order chi connectivity index (χ1) is 18.6. The second-order valence-corrected chi connectivity index (χ2v) is 12.8.